The van der Waals surface area contributed by atoms with Gasteiger partial charge in [0.15, 0.2) is 0 Å². The normalized spacial score (nSPS) is 11.7. The Morgan fingerprint density at radius 2 is 2.11 bits per heavy atom. The zero-order chi connectivity index (χ0) is 13.3. The molecular formula is C7H6F3N7O. The molecule has 0 aliphatic carbocycles. The molecule has 2 heterocycles. The van der Waals surface area contributed by atoms with E-state index in [2.05, 4.69) is 20.6 Å². The van der Waals surface area contributed by atoms with E-state index < -0.39 is 24.6 Å². The van der Waals surface area contributed by atoms with Crippen molar-refractivity contribution in [2.45, 2.75) is 12.8 Å². The van der Waals surface area contributed by atoms with Crippen molar-refractivity contribution < 1.29 is 18.0 Å². The zero-order valence-electron chi connectivity index (χ0n) is 8.66. The van der Waals surface area contributed by atoms with E-state index in [0.717, 1.165) is 4.68 Å². The van der Waals surface area contributed by atoms with Gasteiger partial charge < -0.3 is 5.73 Å². The second-order valence-corrected chi connectivity index (χ2v) is 3.22. The van der Waals surface area contributed by atoms with Crippen molar-refractivity contribution in [2.75, 3.05) is 0 Å². The zero-order valence-corrected chi connectivity index (χ0v) is 8.66. The van der Waals surface area contributed by atoms with Crippen LogP contribution in [0.1, 0.15) is 16.3 Å². The molecule has 0 fully saturated rings. The molecule has 0 radical (unpaired) electrons. The number of carbonyl (C=O) groups excluding carboxylic acids is 1. The second kappa shape index (κ2) is 4.09. The standard InChI is InChI=1S/C7H6F3N7O/c8-7(9,10)6-13-14-15-17(6)3-16-4(5(11)18)1-2-12-16/h1-2H,3H2,(H2,11,18). The Morgan fingerprint density at radius 3 is 2.72 bits per heavy atom. The highest BCUT2D eigenvalue weighted by atomic mass is 19.4. The molecular weight excluding hydrogens is 255 g/mol. The number of halogens is 3. The molecule has 2 aromatic heterocycles. The molecule has 0 aliphatic heterocycles. The van der Waals surface area contributed by atoms with Crippen LogP contribution in [0.5, 0.6) is 0 Å². The molecule has 0 spiro atoms. The fraction of sp³-hybridized carbons (Fsp3) is 0.286. The average Bonchev–Trinajstić information content (AvgIpc) is 2.85. The number of primary amides is 1. The van der Waals surface area contributed by atoms with Gasteiger partial charge in [-0.05, 0) is 16.5 Å². The number of alkyl halides is 3. The molecule has 1 amide bonds. The van der Waals surface area contributed by atoms with Gasteiger partial charge in [0.05, 0.1) is 0 Å². The van der Waals surface area contributed by atoms with Crippen LogP contribution in [0.2, 0.25) is 0 Å². The quantitative estimate of drug-likeness (QED) is 0.801. The van der Waals surface area contributed by atoms with Gasteiger partial charge in [0.25, 0.3) is 11.7 Å². The van der Waals surface area contributed by atoms with Crippen LogP contribution in [0.3, 0.4) is 0 Å². The number of rotatable bonds is 3. The number of tetrazole rings is 1. The van der Waals surface area contributed by atoms with Crippen LogP contribution < -0.4 is 5.73 Å². The minimum Gasteiger partial charge on any atom is -0.364 e. The van der Waals surface area contributed by atoms with Gasteiger partial charge in [-0.15, -0.1) is 5.10 Å². The van der Waals surface area contributed by atoms with E-state index in [9.17, 15) is 18.0 Å². The lowest BCUT2D eigenvalue weighted by atomic mass is 10.4. The van der Waals surface area contributed by atoms with Gasteiger partial charge in [-0.25, -0.2) is 4.68 Å². The lowest BCUT2D eigenvalue weighted by molar-refractivity contribution is -0.148. The first kappa shape index (κ1) is 12.0. The van der Waals surface area contributed by atoms with Crippen molar-refractivity contribution in [3.8, 4) is 0 Å². The summed E-state index contributed by atoms with van der Waals surface area (Å²) in [5.74, 6) is -2.09. The molecule has 2 rings (SSSR count). The Labute approximate surface area is 97.2 Å². The molecule has 0 atom stereocenters. The van der Waals surface area contributed by atoms with Crippen LogP contribution in [0.4, 0.5) is 13.2 Å². The van der Waals surface area contributed by atoms with Crippen molar-refractivity contribution >= 4 is 5.91 Å². The summed E-state index contributed by atoms with van der Waals surface area (Å²) in [5, 5.41) is 12.6. The van der Waals surface area contributed by atoms with Crippen molar-refractivity contribution in [3.05, 3.63) is 23.8 Å². The monoisotopic (exact) mass is 261 g/mol. The van der Waals surface area contributed by atoms with E-state index in [4.69, 9.17) is 5.73 Å². The van der Waals surface area contributed by atoms with Gasteiger partial charge in [-0.3, -0.25) is 4.79 Å². The van der Waals surface area contributed by atoms with Crippen molar-refractivity contribution in [1.82, 2.24) is 30.0 Å². The maximum atomic E-state index is 12.5. The summed E-state index contributed by atoms with van der Waals surface area (Å²) >= 11 is 0. The summed E-state index contributed by atoms with van der Waals surface area (Å²) in [7, 11) is 0. The first-order valence-corrected chi connectivity index (χ1v) is 4.54. The van der Waals surface area contributed by atoms with Gasteiger partial charge in [0.2, 0.25) is 0 Å². The number of nitrogens with zero attached hydrogens (tertiary/aromatic N) is 6. The third-order valence-electron chi connectivity index (χ3n) is 2.02. The summed E-state index contributed by atoms with van der Waals surface area (Å²) in [6, 6.07) is 1.28. The summed E-state index contributed by atoms with van der Waals surface area (Å²) in [4.78, 5) is 11.0. The molecule has 0 aliphatic rings. The summed E-state index contributed by atoms with van der Waals surface area (Å²) < 4.78 is 38.9. The van der Waals surface area contributed by atoms with E-state index in [-0.39, 0.29) is 5.69 Å². The summed E-state index contributed by atoms with van der Waals surface area (Å²) in [5.41, 5.74) is 4.99. The first-order valence-electron chi connectivity index (χ1n) is 4.54. The maximum Gasteiger partial charge on any atom is 0.453 e. The molecule has 96 valence electrons. The fourth-order valence-corrected chi connectivity index (χ4v) is 1.28. The lowest BCUT2D eigenvalue weighted by Crippen LogP contribution is -2.24. The van der Waals surface area contributed by atoms with Crippen LogP contribution in [0.25, 0.3) is 0 Å². The number of nitrogens with two attached hydrogens (primary N) is 1. The molecule has 11 heteroatoms. The van der Waals surface area contributed by atoms with E-state index in [1.54, 1.807) is 0 Å². The van der Waals surface area contributed by atoms with E-state index in [0.29, 0.717) is 4.68 Å². The Morgan fingerprint density at radius 1 is 1.39 bits per heavy atom. The molecule has 2 aromatic rings. The van der Waals surface area contributed by atoms with Gasteiger partial charge in [0, 0.05) is 6.20 Å². The highest BCUT2D eigenvalue weighted by molar-refractivity contribution is 5.90. The van der Waals surface area contributed by atoms with Gasteiger partial charge in [-0.2, -0.15) is 23.0 Å². The molecule has 2 N–H and O–H groups in total. The van der Waals surface area contributed by atoms with E-state index >= 15 is 0 Å². The number of carbonyl (C=O) groups is 1. The van der Waals surface area contributed by atoms with Crippen LogP contribution in [-0.4, -0.2) is 35.9 Å². The Balaban J connectivity index is 2.33. The van der Waals surface area contributed by atoms with Gasteiger partial charge >= 0.3 is 6.18 Å². The predicted molar refractivity (Wildman–Crippen MR) is 49.0 cm³/mol. The largest absolute Gasteiger partial charge is 0.453 e. The van der Waals surface area contributed by atoms with Crippen molar-refractivity contribution in [1.29, 1.82) is 0 Å². The van der Waals surface area contributed by atoms with E-state index in [1.807, 2.05) is 0 Å². The van der Waals surface area contributed by atoms with Crippen LogP contribution in [-0.2, 0) is 12.8 Å². The lowest BCUT2D eigenvalue weighted by Gasteiger charge is -2.08. The minimum absolute atomic E-state index is 0.0429. The van der Waals surface area contributed by atoms with E-state index in [1.165, 1.54) is 12.3 Å². The average molecular weight is 261 g/mol. The van der Waals surface area contributed by atoms with Gasteiger partial charge in [0.1, 0.15) is 12.4 Å². The molecule has 8 nitrogen and oxygen atoms in total. The highest BCUT2D eigenvalue weighted by Gasteiger charge is 2.38. The molecule has 18 heavy (non-hydrogen) atoms. The second-order valence-electron chi connectivity index (χ2n) is 3.22. The maximum absolute atomic E-state index is 12.5. The molecule has 0 bridgehead atoms. The molecule has 0 saturated carbocycles. The molecule has 0 saturated heterocycles. The summed E-state index contributed by atoms with van der Waals surface area (Å²) in [6.07, 6.45) is -3.46. The van der Waals surface area contributed by atoms with Gasteiger partial charge in [-0.1, -0.05) is 0 Å². The third kappa shape index (κ3) is 2.14. The molecule has 0 unspecified atom stereocenters. The number of hydrogen-bond acceptors (Lipinski definition) is 5. The fourth-order valence-electron chi connectivity index (χ4n) is 1.28. The van der Waals surface area contributed by atoms with Crippen LogP contribution in [0, 0.1) is 0 Å². The highest BCUT2D eigenvalue weighted by Crippen LogP contribution is 2.26. The Kier molecular flexibility index (Phi) is 2.73. The number of aromatic nitrogens is 6. The topological polar surface area (TPSA) is 105 Å². The number of amides is 1. The molecule has 0 aromatic carbocycles. The Hall–Kier alpha value is -2.46. The summed E-state index contributed by atoms with van der Waals surface area (Å²) in [6.45, 7) is -0.465. The Bertz CT molecular complexity index is 572. The number of hydrogen-bond donors (Lipinski definition) is 1. The van der Waals surface area contributed by atoms with Crippen LogP contribution in [0.15, 0.2) is 12.3 Å². The predicted octanol–water partition coefficient (Wildman–Crippen LogP) is -0.507. The minimum atomic E-state index is -4.69. The third-order valence-corrected chi connectivity index (χ3v) is 2.02. The SMILES string of the molecule is NC(=O)c1ccnn1Cn1nnnc1C(F)(F)F. The van der Waals surface area contributed by atoms with Crippen LogP contribution >= 0.6 is 0 Å². The smallest absolute Gasteiger partial charge is 0.364 e. The first-order chi connectivity index (χ1) is 8.39. The van der Waals surface area contributed by atoms with Crippen molar-refractivity contribution in [3.63, 3.8) is 0 Å². The van der Waals surface area contributed by atoms with Crippen molar-refractivity contribution in [2.24, 2.45) is 5.73 Å².